The number of terminal acetylenes is 1. The summed E-state index contributed by atoms with van der Waals surface area (Å²) in [4.78, 5) is 105. The van der Waals surface area contributed by atoms with Gasteiger partial charge in [-0.2, -0.15) is 9.80 Å². The van der Waals surface area contributed by atoms with Crippen LogP contribution in [0.15, 0.2) is 53.0 Å². The summed E-state index contributed by atoms with van der Waals surface area (Å²) in [6.07, 6.45) is 3.76. The summed E-state index contributed by atoms with van der Waals surface area (Å²) >= 11 is 3.35. The highest BCUT2D eigenvalue weighted by molar-refractivity contribution is 9.10. The molecule has 2 atom stereocenters. The number of carbonyl (C=O) groups excluding carboxylic acids is 8. The summed E-state index contributed by atoms with van der Waals surface area (Å²) < 4.78 is 11.3. The molecule has 6 rings (SSSR count). The van der Waals surface area contributed by atoms with Gasteiger partial charge in [0.2, 0.25) is 35.4 Å². The van der Waals surface area contributed by atoms with Gasteiger partial charge in [0, 0.05) is 60.2 Å². The van der Waals surface area contributed by atoms with Crippen LogP contribution in [0.4, 0.5) is 21.0 Å². The molecule has 0 saturated carbocycles. The van der Waals surface area contributed by atoms with Gasteiger partial charge in [0.25, 0.3) is 0 Å². The molecule has 290 valence electrons. The number of anilines is 2. The zero-order valence-electron chi connectivity index (χ0n) is 31.6. The van der Waals surface area contributed by atoms with Crippen molar-refractivity contribution in [3.8, 4) is 12.3 Å². The number of piperidine rings is 2. The van der Waals surface area contributed by atoms with E-state index in [9.17, 15) is 38.4 Å². The molecule has 0 radical (unpaired) electrons. The molecule has 4 fully saturated rings. The largest absolute Gasteiger partial charge is 0.443 e. The summed E-state index contributed by atoms with van der Waals surface area (Å²) in [5.41, 5.74) is -1.92. The van der Waals surface area contributed by atoms with E-state index in [1.54, 1.807) is 77.9 Å². The minimum absolute atomic E-state index is 0.00212. The summed E-state index contributed by atoms with van der Waals surface area (Å²) in [5.74, 6) is -0.447. The van der Waals surface area contributed by atoms with E-state index in [1.807, 2.05) is 12.1 Å². The quantitative estimate of drug-likeness (QED) is 0.270. The molecule has 4 saturated heterocycles. The normalized spacial score (nSPS) is 22.9. The molecule has 8 amide bonds. The Labute approximate surface area is 327 Å². The summed E-state index contributed by atoms with van der Waals surface area (Å²) in [5, 5.41) is 0. The lowest BCUT2D eigenvalue weighted by atomic mass is 9.78. The molecule has 0 bridgehead atoms. The van der Waals surface area contributed by atoms with Crippen LogP contribution in [0, 0.1) is 23.2 Å². The topological polar surface area (TPSA) is 168 Å². The number of hydrogen-bond acceptors (Lipinski definition) is 10. The van der Waals surface area contributed by atoms with Crippen LogP contribution in [0.25, 0.3) is 0 Å². The first kappa shape index (κ1) is 40.8. The third-order valence-electron chi connectivity index (χ3n) is 9.59. The van der Waals surface area contributed by atoms with E-state index >= 15 is 0 Å². The smallest absolute Gasteiger partial charge is 0.424 e. The number of amides is 8. The Kier molecular flexibility index (Phi) is 11.2. The summed E-state index contributed by atoms with van der Waals surface area (Å²) in [6, 6.07) is 14.1. The Morgan fingerprint density at radius 2 is 1.00 bits per heavy atom. The van der Waals surface area contributed by atoms with Gasteiger partial charge in [-0.1, -0.05) is 21.9 Å². The molecule has 2 spiro atoms. The maximum absolute atomic E-state index is 13.1. The maximum Gasteiger partial charge on any atom is 0.424 e. The van der Waals surface area contributed by atoms with E-state index in [4.69, 9.17) is 15.9 Å². The van der Waals surface area contributed by atoms with Gasteiger partial charge in [-0.05, 0) is 103 Å². The fourth-order valence-corrected chi connectivity index (χ4v) is 7.19. The lowest BCUT2D eigenvalue weighted by Gasteiger charge is -2.36. The number of benzene rings is 2. The van der Waals surface area contributed by atoms with E-state index < -0.39 is 57.8 Å². The van der Waals surface area contributed by atoms with E-state index in [-0.39, 0.29) is 63.4 Å². The van der Waals surface area contributed by atoms with Crippen LogP contribution < -0.4 is 9.80 Å². The predicted octanol–water partition coefficient (Wildman–Crippen LogP) is 5.73. The van der Waals surface area contributed by atoms with Crippen molar-refractivity contribution in [2.45, 2.75) is 91.3 Å². The van der Waals surface area contributed by atoms with Crippen LogP contribution in [0.3, 0.4) is 0 Å². The van der Waals surface area contributed by atoms with E-state index in [0.717, 1.165) is 4.47 Å². The molecule has 2 unspecified atom stereocenters. The maximum atomic E-state index is 13.1. The number of rotatable bonds is 2. The van der Waals surface area contributed by atoms with Crippen molar-refractivity contribution < 1.29 is 47.8 Å². The van der Waals surface area contributed by atoms with Gasteiger partial charge in [-0.15, -0.1) is 6.42 Å². The molecule has 4 aliphatic heterocycles. The Balaban J connectivity index is 0.000000211. The number of imide groups is 6. The second-order valence-corrected chi connectivity index (χ2v) is 17.0. The molecule has 2 aromatic rings. The third kappa shape index (κ3) is 8.64. The summed E-state index contributed by atoms with van der Waals surface area (Å²) in [7, 11) is 0. The van der Waals surface area contributed by atoms with E-state index in [1.165, 1.54) is 9.80 Å². The number of carbonyl (C=O) groups is 8. The Morgan fingerprint density at radius 3 is 1.35 bits per heavy atom. The third-order valence-corrected chi connectivity index (χ3v) is 10.1. The average Bonchev–Trinajstić information content (AvgIpc) is 3.61. The van der Waals surface area contributed by atoms with Gasteiger partial charge in [0.05, 0.1) is 10.8 Å². The van der Waals surface area contributed by atoms with Crippen molar-refractivity contribution >= 4 is 74.9 Å². The van der Waals surface area contributed by atoms with Gasteiger partial charge < -0.3 is 19.3 Å². The van der Waals surface area contributed by atoms with Crippen molar-refractivity contribution in [1.82, 2.24) is 9.80 Å². The van der Waals surface area contributed by atoms with Gasteiger partial charge >= 0.3 is 12.2 Å². The highest BCUT2D eigenvalue weighted by Crippen LogP contribution is 2.44. The standard InChI is InChI=1S/C21H22N2O5.C19H21BrN2O5/c1-5-14-6-8-15(9-7-14)22-13-21(12-17(22)25)11-10-16(24)23(18(21)26)19(27)28-20(2,3)4;1-18(2,3)27-17(26)22-14(23)8-9-19(16(22)25)10-15(24)21(11-19)13-6-4-12(20)5-7-13/h1,6-9H,10-13H2,2-4H3;4-7H,8-11H2,1-3H3. The number of nitrogens with zero attached hydrogens (tertiary/aromatic N) is 4. The van der Waals surface area contributed by atoms with Crippen LogP contribution in [0.1, 0.15) is 85.6 Å². The van der Waals surface area contributed by atoms with Crippen LogP contribution in [-0.2, 0) is 38.2 Å². The molecule has 4 aliphatic rings. The first-order valence-electron chi connectivity index (χ1n) is 17.7. The lowest BCUT2D eigenvalue weighted by molar-refractivity contribution is -0.157. The zero-order chi connectivity index (χ0) is 40.7. The van der Waals surface area contributed by atoms with Crippen molar-refractivity contribution in [2.24, 2.45) is 10.8 Å². The first-order valence-corrected chi connectivity index (χ1v) is 18.5. The van der Waals surface area contributed by atoms with Crippen LogP contribution >= 0.6 is 15.9 Å². The molecule has 2 aromatic carbocycles. The molecule has 0 aliphatic carbocycles. The number of halogens is 1. The Hall–Kier alpha value is -5.36. The fourth-order valence-electron chi connectivity index (χ4n) is 6.93. The molecule has 4 heterocycles. The monoisotopic (exact) mass is 818 g/mol. The second-order valence-electron chi connectivity index (χ2n) is 16.1. The minimum Gasteiger partial charge on any atom is -0.443 e. The molecule has 15 heteroatoms. The lowest BCUT2D eigenvalue weighted by Crippen LogP contribution is -2.55. The summed E-state index contributed by atoms with van der Waals surface area (Å²) in [6.45, 7) is 10.2. The van der Waals surface area contributed by atoms with Gasteiger partial charge in [0.15, 0.2) is 0 Å². The molecule has 0 N–H and O–H groups in total. The number of likely N-dealkylation sites (tertiary alicyclic amines) is 2. The van der Waals surface area contributed by atoms with Crippen molar-refractivity contribution in [3.05, 3.63) is 58.6 Å². The predicted molar refractivity (Wildman–Crippen MR) is 202 cm³/mol. The van der Waals surface area contributed by atoms with Gasteiger partial charge in [0.1, 0.15) is 11.2 Å². The van der Waals surface area contributed by atoms with Crippen LogP contribution in [-0.4, -0.2) is 81.7 Å². The van der Waals surface area contributed by atoms with E-state index in [2.05, 4.69) is 21.9 Å². The van der Waals surface area contributed by atoms with Gasteiger partial charge in [-0.25, -0.2) is 9.59 Å². The Bertz CT molecular complexity index is 1990. The number of ether oxygens (including phenoxy) is 2. The molecule has 0 aromatic heterocycles. The average molecular weight is 820 g/mol. The highest BCUT2D eigenvalue weighted by Gasteiger charge is 2.57. The zero-order valence-corrected chi connectivity index (χ0v) is 33.2. The molecular weight excluding hydrogens is 776 g/mol. The number of hydrogen-bond donors (Lipinski definition) is 0. The first-order chi connectivity index (χ1) is 25.6. The van der Waals surface area contributed by atoms with E-state index in [0.29, 0.717) is 26.7 Å². The molecule has 14 nitrogen and oxygen atoms in total. The van der Waals surface area contributed by atoms with Gasteiger partial charge in [-0.3, -0.25) is 28.8 Å². The van der Waals surface area contributed by atoms with Crippen LogP contribution in [0.2, 0.25) is 0 Å². The molecular formula is C40H43BrN4O10. The SMILES string of the molecule is C#Cc1ccc(N2CC3(CCC(=O)N(C(=O)OC(C)(C)C)C3=O)CC2=O)cc1.CC(C)(C)OC(=O)N1C(=O)CCC2(CC(=O)N(c3ccc(Br)cc3)C2)C1=O. The van der Waals surface area contributed by atoms with Crippen LogP contribution in [0.5, 0.6) is 0 Å². The van der Waals surface area contributed by atoms with Crippen molar-refractivity contribution in [3.63, 3.8) is 0 Å². The second kappa shape index (κ2) is 15.1. The highest BCUT2D eigenvalue weighted by atomic mass is 79.9. The van der Waals surface area contributed by atoms with Crippen molar-refractivity contribution in [1.29, 1.82) is 0 Å². The van der Waals surface area contributed by atoms with Crippen molar-refractivity contribution in [2.75, 3.05) is 22.9 Å². The fraction of sp³-hybridized carbons (Fsp3) is 0.450. The Morgan fingerprint density at radius 1 is 0.636 bits per heavy atom. The molecule has 55 heavy (non-hydrogen) atoms. The minimum atomic E-state index is -1.12.